The molecule has 0 radical (unpaired) electrons. The number of hydrogen-bond donors (Lipinski definition) is 1. The van der Waals surface area contributed by atoms with Crippen LogP contribution in [-0.2, 0) is 11.3 Å². The van der Waals surface area contributed by atoms with Crippen LogP contribution in [0.25, 0.3) is 0 Å². The third kappa shape index (κ3) is 3.30. The monoisotopic (exact) mass is 335 g/mol. The molecule has 0 unspecified atom stereocenters. The van der Waals surface area contributed by atoms with E-state index in [0.29, 0.717) is 17.0 Å². The maximum atomic E-state index is 11.9. The number of anilines is 1. The van der Waals surface area contributed by atoms with E-state index in [1.165, 1.54) is 0 Å². The van der Waals surface area contributed by atoms with Gasteiger partial charge in [-0.3, -0.25) is 0 Å². The standard InChI is InChI=1S/C15H14BrNO3/c1-19-14-5-3-2-4-11(14)9-20-15(18)10-6-7-12(16)13(17)8-10/h2-8H,9,17H2,1H3. The number of benzene rings is 2. The molecule has 0 bridgehead atoms. The SMILES string of the molecule is COc1ccccc1COC(=O)c1ccc(Br)c(N)c1. The van der Waals surface area contributed by atoms with E-state index >= 15 is 0 Å². The molecule has 0 spiro atoms. The van der Waals surface area contributed by atoms with Crippen molar-refractivity contribution in [3.05, 3.63) is 58.1 Å². The average Bonchev–Trinajstić information content (AvgIpc) is 2.47. The van der Waals surface area contributed by atoms with Crippen LogP contribution in [-0.4, -0.2) is 13.1 Å². The minimum atomic E-state index is -0.421. The highest BCUT2D eigenvalue weighted by atomic mass is 79.9. The number of hydrogen-bond acceptors (Lipinski definition) is 4. The van der Waals surface area contributed by atoms with Gasteiger partial charge in [0, 0.05) is 15.7 Å². The Bertz CT molecular complexity index is 628. The van der Waals surface area contributed by atoms with Gasteiger partial charge in [-0.05, 0) is 40.2 Å². The lowest BCUT2D eigenvalue weighted by molar-refractivity contribution is 0.0470. The van der Waals surface area contributed by atoms with Gasteiger partial charge in [-0.2, -0.15) is 0 Å². The van der Waals surface area contributed by atoms with E-state index in [1.807, 2.05) is 24.3 Å². The van der Waals surface area contributed by atoms with Crippen LogP contribution in [0.2, 0.25) is 0 Å². The van der Waals surface area contributed by atoms with Gasteiger partial charge in [0.25, 0.3) is 0 Å². The number of para-hydroxylation sites is 1. The number of methoxy groups -OCH3 is 1. The van der Waals surface area contributed by atoms with Crippen molar-refractivity contribution < 1.29 is 14.3 Å². The Morgan fingerprint density at radius 3 is 2.70 bits per heavy atom. The van der Waals surface area contributed by atoms with Crippen molar-refractivity contribution in [2.45, 2.75) is 6.61 Å². The van der Waals surface area contributed by atoms with Gasteiger partial charge in [-0.1, -0.05) is 18.2 Å². The number of carbonyl (C=O) groups excluding carboxylic acids is 1. The van der Waals surface area contributed by atoms with Gasteiger partial charge in [0.15, 0.2) is 0 Å². The number of nitrogens with two attached hydrogens (primary N) is 1. The maximum Gasteiger partial charge on any atom is 0.338 e. The van der Waals surface area contributed by atoms with Crippen LogP contribution in [0.1, 0.15) is 15.9 Å². The molecular formula is C15H14BrNO3. The minimum absolute atomic E-state index is 0.152. The molecule has 2 aromatic rings. The summed E-state index contributed by atoms with van der Waals surface area (Å²) in [5, 5.41) is 0. The van der Waals surface area contributed by atoms with E-state index in [-0.39, 0.29) is 6.61 Å². The first-order valence-electron chi connectivity index (χ1n) is 5.96. The van der Waals surface area contributed by atoms with Gasteiger partial charge in [-0.15, -0.1) is 0 Å². The first-order valence-corrected chi connectivity index (χ1v) is 6.75. The highest BCUT2D eigenvalue weighted by molar-refractivity contribution is 9.10. The van der Waals surface area contributed by atoms with E-state index in [4.69, 9.17) is 15.2 Å². The Kier molecular flexibility index (Phi) is 4.63. The number of rotatable bonds is 4. The molecule has 5 heteroatoms. The molecule has 0 aliphatic carbocycles. The number of nitrogen functional groups attached to an aromatic ring is 1. The Labute approximate surface area is 125 Å². The molecule has 2 N–H and O–H groups in total. The van der Waals surface area contributed by atoms with Crippen LogP contribution in [0.5, 0.6) is 5.75 Å². The number of halogens is 1. The topological polar surface area (TPSA) is 61.5 Å². The van der Waals surface area contributed by atoms with Crippen molar-refractivity contribution in [1.29, 1.82) is 0 Å². The van der Waals surface area contributed by atoms with Crippen LogP contribution in [0.4, 0.5) is 5.69 Å². The van der Waals surface area contributed by atoms with Crippen molar-refractivity contribution in [3.63, 3.8) is 0 Å². The zero-order valence-electron chi connectivity index (χ0n) is 10.9. The summed E-state index contributed by atoms with van der Waals surface area (Å²) in [6.45, 7) is 0.152. The lowest BCUT2D eigenvalue weighted by Gasteiger charge is -2.09. The number of ether oxygens (including phenoxy) is 2. The van der Waals surface area contributed by atoms with Gasteiger partial charge >= 0.3 is 5.97 Å². The predicted octanol–water partition coefficient (Wildman–Crippen LogP) is 3.40. The predicted molar refractivity (Wildman–Crippen MR) is 80.7 cm³/mol. The van der Waals surface area contributed by atoms with E-state index in [0.717, 1.165) is 10.0 Å². The molecule has 0 amide bonds. The van der Waals surface area contributed by atoms with Crippen LogP contribution in [0.3, 0.4) is 0 Å². The second kappa shape index (κ2) is 6.43. The largest absolute Gasteiger partial charge is 0.496 e. The summed E-state index contributed by atoms with van der Waals surface area (Å²) in [5.74, 6) is 0.269. The third-order valence-electron chi connectivity index (χ3n) is 2.78. The first-order chi connectivity index (χ1) is 9.61. The Morgan fingerprint density at radius 1 is 1.25 bits per heavy atom. The highest BCUT2D eigenvalue weighted by Crippen LogP contribution is 2.22. The van der Waals surface area contributed by atoms with Crippen molar-refractivity contribution in [2.75, 3.05) is 12.8 Å². The third-order valence-corrected chi connectivity index (χ3v) is 3.51. The molecule has 2 rings (SSSR count). The lowest BCUT2D eigenvalue weighted by Crippen LogP contribution is -2.06. The van der Waals surface area contributed by atoms with Gasteiger partial charge in [0.2, 0.25) is 0 Å². The van der Waals surface area contributed by atoms with Crippen LogP contribution < -0.4 is 10.5 Å². The summed E-state index contributed by atoms with van der Waals surface area (Å²) >= 11 is 3.28. The van der Waals surface area contributed by atoms with E-state index in [9.17, 15) is 4.79 Å². The first kappa shape index (κ1) is 14.4. The molecule has 104 valence electrons. The highest BCUT2D eigenvalue weighted by Gasteiger charge is 2.10. The van der Waals surface area contributed by atoms with Gasteiger partial charge in [0.05, 0.1) is 12.7 Å². The Hall–Kier alpha value is -2.01. The maximum absolute atomic E-state index is 11.9. The fraction of sp³-hybridized carbons (Fsp3) is 0.133. The van der Waals surface area contributed by atoms with Gasteiger partial charge < -0.3 is 15.2 Å². The van der Waals surface area contributed by atoms with Crippen LogP contribution >= 0.6 is 15.9 Å². The Balaban J connectivity index is 2.06. The zero-order valence-corrected chi connectivity index (χ0v) is 12.5. The molecule has 20 heavy (non-hydrogen) atoms. The quantitative estimate of drug-likeness (QED) is 0.687. The van der Waals surface area contributed by atoms with Crippen molar-refractivity contribution in [2.24, 2.45) is 0 Å². The second-order valence-corrected chi connectivity index (χ2v) is 4.98. The number of carbonyl (C=O) groups is 1. The smallest absolute Gasteiger partial charge is 0.338 e. The summed E-state index contributed by atoms with van der Waals surface area (Å²) in [4.78, 5) is 11.9. The van der Waals surface area contributed by atoms with E-state index in [2.05, 4.69) is 15.9 Å². The molecule has 0 saturated heterocycles. The minimum Gasteiger partial charge on any atom is -0.496 e. The molecule has 0 aliphatic heterocycles. The lowest BCUT2D eigenvalue weighted by atomic mass is 10.2. The molecule has 0 atom stereocenters. The molecule has 0 heterocycles. The fourth-order valence-electron chi connectivity index (χ4n) is 1.72. The van der Waals surface area contributed by atoms with Crippen LogP contribution in [0.15, 0.2) is 46.9 Å². The fourth-order valence-corrected chi connectivity index (χ4v) is 1.97. The Morgan fingerprint density at radius 2 is 2.00 bits per heavy atom. The van der Waals surface area contributed by atoms with E-state index < -0.39 is 5.97 Å². The normalized spacial score (nSPS) is 10.1. The summed E-state index contributed by atoms with van der Waals surface area (Å²) in [6, 6.07) is 12.3. The molecule has 0 saturated carbocycles. The van der Waals surface area contributed by atoms with Crippen LogP contribution in [0, 0.1) is 0 Å². The number of esters is 1. The van der Waals surface area contributed by atoms with E-state index in [1.54, 1.807) is 25.3 Å². The van der Waals surface area contributed by atoms with Crippen molar-refractivity contribution in [3.8, 4) is 5.75 Å². The average molecular weight is 336 g/mol. The summed E-state index contributed by atoms with van der Waals surface area (Å²) in [5.41, 5.74) is 7.46. The summed E-state index contributed by atoms with van der Waals surface area (Å²) in [7, 11) is 1.58. The van der Waals surface area contributed by atoms with Crippen molar-refractivity contribution in [1.82, 2.24) is 0 Å². The molecule has 0 fully saturated rings. The van der Waals surface area contributed by atoms with Gasteiger partial charge in [-0.25, -0.2) is 4.79 Å². The summed E-state index contributed by atoms with van der Waals surface area (Å²) < 4.78 is 11.2. The molecule has 0 aliphatic rings. The van der Waals surface area contributed by atoms with Gasteiger partial charge in [0.1, 0.15) is 12.4 Å². The summed E-state index contributed by atoms with van der Waals surface area (Å²) in [6.07, 6.45) is 0. The molecular weight excluding hydrogens is 322 g/mol. The molecule has 4 nitrogen and oxygen atoms in total. The second-order valence-electron chi connectivity index (χ2n) is 4.12. The van der Waals surface area contributed by atoms with Crippen molar-refractivity contribution >= 4 is 27.6 Å². The zero-order chi connectivity index (χ0) is 14.5. The molecule has 0 aromatic heterocycles. The molecule has 2 aromatic carbocycles.